The zero-order valence-electron chi connectivity index (χ0n) is 9.01. The number of H-pyrrole nitrogens is 1. The van der Waals surface area contributed by atoms with Gasteiger partial charge in [0.2, 0.25) is 0 Å². The fraction of sp³-hybridized carbons (Fsp3) is 0. The SMILES string of the molecule is c1cnc2c(c1)[nH]c1ccc3cnccc3c12. The van der Waals surface area contributed by atoms with Crippen LogP contribution in [0.15, 0.2) is 48.9 Å². The van der Waals surface area contributed by atoms with Gasteiger partial charge in [-0.1, -0.05) is 6.07 Å². The first-order chi connectivity index (χ1) is 8.43. The molecule has 0 fully saturated rings. The quantitative estimate of drug-likeness (QED) is 0.493. The highest BCUT2D eigenvalue weighted by atomic mass is 14.8. The molecule has 0 saturated heterocycles. The third-order valence-corrected chi connectivity index (χ3v) is 3.13. The standard InChI is InChI=1S/C14H9N3/c1-2-12-14(16-6-1)13-10-5-7-15-8-9(10)3-4-11(13)17-12/h1-8,17H. The van der Waals surface area contributed by atoms with Crippen LogP contribution in [-0.2, 0) is 0 Å². The minimum Gasteiger partial charge on any atom is -0.353 e. The Morgan fingerprint density at radius 3 is 2.94 bits per heavy atom. The van der Waals surface area contributed by atoms with Crippen LogP contribution >= 0.6 is 0 Å². The van der Waals surface area contributed by atoms with Gasteiger partial charge in [-0.2, -0.15) is 0 Å². The molecule has 0 aliphatic rings. The van der Waals surface area contributed by atoms with E-state index in [1.54, 1.807) is 0 Å². The number of hydrogen-bond acceptors (Lipinski definition) is 2. The zero-order chi connectivity index (χ0) is 11.2. The number of benzene rings is 1. The lowest BCUT2D eigenvalue weighted by Crippen LogP contribution is -1.77. The van der Waals surface area contributed by atoms with E-state index in [1.807, 2.05) is 30.7 Å². The first-order valence-electron chi connectivity index (χ1n) is 5.52. The average Bonchev–Trinajstić information content (AvgIpc) is 2.77. The van der Waals surface area contributed by atoms with E-state index < -0.39 is 0 Å². The van der Waals surface area contributed by atoms with Gasteiger partial charge in [0.05, 0.1) is 11.0 Å². The molecule has 1 N–H and O–H groups in total. The molecule has 3 aromatic heterocycles. The van der Waals surface area contributed by atoms with Gasteiger partial charge in [-0.05, 0) is 29.7 Å². The maximum Gasteiger partial charge on any atom is 0.0963 e. The van der Waals surface area contributed by atoms with Gasteiger partial charge < -0.3 is 4.98 Å². The number of aromatic amines is 1. The summed E-state index contributed by atoms with van der Waals surface area (Å²) in [6, 6.07) is 10.2. The highest BCUT2D eigenvalue weighted by Gasteiger charge is 2.07. The summed E-state index contributed by atoms with van der Waals surface area (Å²) in [6.45, 7) is 0. The Morgan fingerprint density at radius 1 is 0.941 bits per heavy atom. The minimum absolute atomic E-state index is 1.03. The van der Waals surface area contributed by atoms with E-state index in [0.717, 1.165) is 21.9 Å². The lowest BCUT2D eigenvalue weighted by Gasteiger charge is -1.98. The summed E-state index contributed by atoms with van der Waals surface area (Å²) in [5.41, 5.74) is 3.23. The van der Waals surface area contributed by atoms with Crippen molar-refractivity contribution in [1.29, 1.82) is 0 Å². The molecule has 0 saturated carbocycles. The second kappa shape index (κ2) is 3.04. The molecule has 0 amide bonds. The first-order valence-corrected chi connectivity index (χ1v) is 5.52. The number of pyridine rings is 2. The van der Waals surface area contributed by atoms with Crippen molar-refractivity contribution in [3.05, 3.63) is 48.9 Å². The van der Waals surface area contributed by atoms with Gasteiger partial charge in [0.15, 0.2) is 0 Å². The van der Waals surface area contributed by atoms with Crippen LogP contribution in [0.3, 0.4) is 0 Å². The van der Waals surface area contributed by atoms with E-state index >= 15 is 0 Å². The fourth-order valence-corrected chi connectivity index (χ4v) is 2.38. The molecular formula is C14H9N3. The van der Waals surface area contributed by atoms with Gasteiger partial charge in [0.1, 0.15) is 0 Å². The molecule has 0 radical (unpaired) electrons. The van der Waals surface area contributed by atoms with Gasteiger partial charge in [0, 0.05) is 34.9 Å². The van der Waals surface area contributed by atoms with Crippen molar-refractivity contribution in [2.45, 2.75) is 0 Å². The molecule has 17 heavy (non-hydrogen) atoms. The van der Waals surface area contributed by atoms with E-state index in [2.05, 4.69) is 33.2 Å². The van der Waals surface area contributed by atoms with Crippen LogP contribution < -0.4 is 0 Å². The topological polar surface area (TPSA) is 41.6 Å². The summed E-state index contributed by atoms with van der Waals surface area (Å²) >= 11 is 0. The summed E-state index contributed by atoms with van der Waals surface area (Å²) in [5, 5.41) is 3.52. The Hall–Kier alpha value is -2.42. The van der Waals surface area contributed by atoms with Crippen molar-refractivity contribution >= 4 is 32.7 Å². The molecule has 0 unspecified atom stereocenters. The molecular weight excluding hydrogens is 210 g/mol. The number of aromatic nitrogens is 3. The molecule has 3 nitrogen and oxygen atoms in total. The molecule has 0 atom stereocenters. The van der Waals surface area contributed by atoms with Gasteiger partial charge in [-0.15, -0.1) is 0 Å². The fourth-order valence-electron chi connectivity index (χ4n) is 2.38. The average molecular weight is 219 g/mol. The maximum absolute atomic E-state index is 4.47. The van der Waals surface area contributed by atoms with E-state index in [9.17, 15) is 0 Å². The molecule has 3 heterocycles. The molecule has 80 valence electrons. The Morgan fingerprint density at radius 2 is 1.94 bits per heavy atom. The van der Waals surface area contributed by atoms with Crippen molar-refractivity contribution in [2.75, 3.05) is 0 Å². The number of hydrogen-bond donors (Lipinski definition) is 1. The largest absolute Gasteiger partial charge is 0.353 e. The summed E-state index contributed by atoms with van der Waals surface area (Å²) in [6.07, 6.45) is 5.54. The van der Waals surface area contributed by atoms with E-state index in [0.29, 0.717) is 0 Å². The van der Waals surface area contributed by atoms with Crippen molar-refractivity contribution in [3.63, 3.8) is 0 Å². The summed E-state index contributed by atoms with van der Waals surface area (Å²) < 4.78 is 0. The van der Waals surface area contributed by atoms with Crippen molar-refractivity contribution < 1.29 is 0 Å². The predicted octanol–water partition coefficient (Wildman–Crippen LogP) is 3.26. The number of fused-ring (bicyclic) bond motifs is 5. The molecule has 0 spiro atoms. The van der Waals surface area contributed by atoms with Crippen LogP contribution in [0, 0.1) is 0 Å². The third kappa shape index (κ3) is 1.11. The van der Waals surface area contributed by atoms with E-state index in [4.69, 9.17) is 0 Å². The predicted molar refractivity (Wildman–Crippen MR) is 68.9 cm³/mol. The van der Waals surface area contributed by atoms with Crippen LogP contribution in [-0.4, -0.2) is 15.0 Å². The van der Waals surface area contributed by atoms with Crippen LogP contribution in [0.2, 0.25) is 0 Å². The second-order valence-electron chi connectivity index (χ2n) is 4.11. The Kier molecular flexibility index (Phi) is 1.56. The lowest BCUT2D eigenvalue weighted by atomic mass is 10.1. The highest BCUT2D eigenvalue weighted by Crippen LogP contribution is 2.30. The van der Waals surface area contributed by atoms with Crippen molar-refractivity contribution in [3.8, 4) is 0 Å². The summed E-state index contributed by atoms with van der Waals surface area (Å²) in [5.74, 6) is 0. The molecule has 0 bridgehead atoms. The van der Waals surface area contributed by atoms with Gasteiger partial charge in [0.25, 0.3) is 0 Å². The smallest absolute Gasteiger partial charge is 0.0963 e. The Labute approximate surface area is 97.1 Å². The van der Waals surface area contributed by atoms with Crippen LogP contribution in [0.25, 0.3) is 32.7 Å². The number of nitrogens with zero attached hydrogens (tertiary/aromatic N) is 2. The lowest BCUT2D eigenvalue weighted by molar-refractivity contribution is 1.37. The highest BCUT2D eigenvalue weighted by molar-refractivity contribution is 6.18. The monoisotopic (exact) mass is 219 g/mol. The normalized spacial score (nSPS) is 11.5. The van der Waals surface area contributed by atoms with E-state index in [1.165, 1.54) is 10.8 Å². The second-order valence-corrected chi connectivity index (χ2v) is 4.11. The molecule has 3 heteroatoms. The Balaban J connectivity index is 2.38. The van der Waals surface area contributed by atoms with Crippen molar-refractivity contribution in [1.82, 2.24) is 15.0 Å². The summed E-state index contributed by atoms with van der Waals surface area (Å²) in [7, 11) is 0. The summed E-state index contributed by atoms with van der Waals surface area (Å²) in [4.78, 5) is 12.0. The number of rotatable bonds is 0. The minimum atomic E-state index is 1.03. The molecule has 0 aliphatic heterocycles. The van der Waals surface area contributed by atoms with E-state index in [-0.39, 0.29) is 0 Å². The molecule has 4 rings (SSSR count). The maximum atomic E-state index is 4.47. The molecule has 0 aliphatic carbocycles. The van der Waals surface area contributed by atoms with Crippen LogP contribution in [0.4, 0.5) is 0 Å². The third-order valence-electron chi connectivity index (χ3n) is 3.13. The molecule has 1 aromatic carbocycles. The number of nitrogens with one attached hydrogen (secondary N) is 1. The zero-order valence-corrected chi connectivity index (χ0v) is 9.01. The van der Waals surface area contributed by atoms with Crippen LogP contribution in [0.5, 0.6) is 0 Å². The van der Waals surface area contributed by atoms with Crippen molar-refractivity contribution in [2.24, 2.45) is 0 Å². The van der Waals surface area contributed by atoms with Gasteiger partial charge in [-0.25, -0.2) is 0 Å². The van der Waals surface area contributed by atoms with Gasteiger partial charge in [-0.3, -0.25) is 9.97 Å². The first kappa shape index (κ1) is 8.70. The van der Waals surface area contributed by atoms with Gasteiger partial charge >= 0.3 is 0 Å². The Bertz CT molecular complexity index is 840. The van der Waals surface area contributed by atoms with Crippen LogP contribution in [0.1, 0.15) is 0 Å². The molecule has 4 aromatic rings.